The van der Waals surface area contributed by atoms with Crippen molar-refractivity contribution in [1.29, 1.82) is 0 Å². The summed E-state index contributed by atoms with van der Waals surface area (Å²) < 4.78 is 2.39. The molecular formula is C59H42N2. The molecule has 0 saturated heterocycles. The van der Waals surface area contributed by atoms with Crippen LogP contribution in [-0.4, -0.2) is 4.57 Å². The Morgan fingerprint density at radius 2 is 0.852 bits per heavy atom. The lowest BCUT2D eigenvalue weighted by Gasteiger charge is -2.27. The summed E-state index contributed by atoms with van der Waals surface area (Å²) in [6.45, 7) is 4.75. The third-order valence-corrected chi connectivity index (χ3v) is 13.1. The van der Waals surface area contributed by atoms with Gasteiger partial charge >= 0.3 is 0 Å². The van der Waals surface area contributed by atoms with Gasteiger partial charge < -0.3 is 9.47 Å². The fourth-order valence-corrected chi connectivity index (χ4v) is 10.1. The predicted octanol–water partition coefficient (Wildman–Crippen LogP) is 16.2. The minimum absolute atomic E-state index is 0.0696. The summed E-state index contributed by atoms with van der Waals surface area (Å²) in [7, 11) is 0. The molecule has 2 nitrogen and oxygen atoms in total. The Hall–Kier alpha value is -7.68. The van der Waals surface area contributed by atoms with Gasteiger partial charge in [0.05, 0.1) is 11.0 Å². The number of anilines is 3. The maximum absolute atomic E-state index is 2.44. The zero-order valence-electron chi connectivity index (χ0n) is 34.2. The summed E-state index contributed by atoms with van der Waals surface area (Å²) in [6.07, 6.45) is 0. The molecule has 1 heterocycles. The molecule has 0 radical (unpaired) electrons. The average molecular weight is 779 g/mol. The van der Waals surface area contributed by atoms with Crippen molar-refractivity contribution < 1.29 is 0 Å². The molecule has 1 aliphatic rings. The van der Waals surface area contributed by atoms with Crippen molar-refractivity contribution >= 4 is 60.4 Å². The normalized spacial score (nSPS) is 12.9. The predicted molar refractivity (Wildman–Crippen MR) is 259 cm³/mol. The zero-order valence-corrected chi connectivity index (χ0v) is 34.2. The lowest BCUT2D eigenvalue weighted by Crippen LogP contribution is -2.15. The number of aromatic nitrogens is 1. The van der Waals surface area contributed by atoms with Gasteiger partial charge in [0, 0.05) is 38.9 Å². The molecule has 11 aromatic rings. The van der Waals surface area contributed by atoms with Crippen molar-refractivity contribution in [2.75, 3.05) is 4.90 Å². The molecule has 0 spiro atoms. The Labute approximate surface area is 356 Å². The van der Waals surface area contributed by atoms with E-state index in [1.54, 1.807) is 0 Å². The number of benzene rings is 10. The topological polar surface area (TPSA) is 8.17 Å². The quantitative estimate of drug-likeness (QED) is 0.146. The lowest BCUT2D eigenvalue weighted by molar-refractivity contribution is 0.663. The van der Waals surface area contributed by atoms with E-state index in [0.29, 0.717) is 0 Å². The fourth-order valence-electron chi connectivity index (χ4n) is 10.1. The molecule has 12 rings (SSSR count). The molecule has 0 amide bonds. The second kappa shape index (κ2) is 13.7. The van der Waals surface area contributed by atoms with E-state index < -0.39 is 0 Å². The Bertz CT molecular complexity index is 3360. The van der Waals surface area contributed by atoms with Gasteiger partial charge in [-0.15, -0.1) is 0 Å². The van der Waals surface area contributed by atoms with E-state index in [4.69, 9.17) is 0 Å². The van der Waals surface area contributed by atoms with Crippen LogP contribution in [0.25, 0.3) is 82.4 Å². The molecule has 61 heavy (non-hydrogen) atoms. The van der Waals surface area contributed by atoms with Crippen LogP contribution in [0.2, 0.25) is 0 Å². The van der Waals surface area contributed by atoms with Crippen molar-refractivity contribution in [3.05, 3.63) is 230 Å². The summed E-state index contributed by atoms with van der Waals surface area (Å²) in [5.74, 6) is 0. The van der Waals surface area contributed by atoms with Gasteiger partial charge in [-0.3, -0.25) is 0 Å². The van der Waals surface area contributed by atoms with Crippen molar-refractivity contribution in [1.82, 2.24) is 4.57 Å². The minimum atomic E-state index is -0.0696. The molecule has 0 atom stereocenters. The highest BCUT2D eigenvalue weighted by molar-refractivity contribution is 6.16. The molecule has 0 aliphatic heterocycles. The van der Waals surface area contributed by atoms with Crippen LogP contribution in [0.15, 0.2) is 218 Å². The number of rotatable bonds is 7. The first-order valence-electron chi connectivity index (χ1n) is 21.3. The first-order chi connectivity index (χ1) is 30.0. The van der Waals surface area contributed by atoms with Crippen molar-refractivity contribution in [3.63, 3.8) is 0 Å². The molecule has 1 aliphatic carbocycles. The van der Waals surface area contributed by atoms with Crippen molar-refractivity contribution in [3.8, 4) is 39.1 Å². The Balaban J connectivity index is 1.01. The molecule has 0 bridgehead atoms. The van der Waals surface area contributed by atoms with Crippen LogP contribution in [0.1, 0.15) is 25.0 Å². The van der Waals surface area contributed by atoms with Gasteiger partial charge in [0.25, 0.3) is 0 Å². The van der Waals surface area contributed by atoms with Gasteiger partial charge in [-0.25, -0.2) is 0 Å². The Morgan fingerprint density at radius 1 is 0.344 bits per heavy atom. The zero-order chi connectivity index (χ0) is 40.7. The van der Waals surface area contributed by atoms with E-state index in [0.717, 1.165) is 22.7 Å². The van der Waals surface area contributed by atoms with E-state index >= 15 is 0 Å². The molecule has 288 valence electrons. The molecule has 10 aromatic carbocycles. The van der Waals surface area contributed by atoms with Crippen LogP contribution >= 0.6 is 0 Å². The fraction of sp³-hybridized carbons (Fsp3) is 0.0508. The number of para-hydroxylation sites is 2. The van der Waals surface area contributed by atoms with Crippen molar-refractivity contribution in [2.45, 2.75) is 19.3 Å². The van der Waals surface area contributed by atoms with Crippen LogP contribution in [-0.2, 0) is 5.41 Å². The number of nitrogens with zero attached hydrogens (tertiary/aromatic N) is 2. The Kier molecular flexibility index (Phi) is 7.92. The highest BCUT2D eigenvalue weighted by atomic mass is 15.1. The van der Waals surface area contributed by atoms with E-state index in [1.807, 2.05) is 0 Å². The second-order valence-corrected chi connectivity index (χ2v) is 17.0. The maximum Gasteiger partial charge on any atom is 0.0541 e. The molecule has 0 unspecified atom stereocenters. The second-order valence-electron chi connectivity index (χ2n) is 17.0. The van der Waals surface area contributed by atoms with Crippen molar-refractivity contribution in [2.24, 2.45) is 0 Å². The summed E-state index contributed by atoms with van der Waals surface area (Å²) in [5.41, 5.74) is 16.7. The molecule has 0 N–H and O–H groups in total. The van der Waals surface area contributed by atoms with Crippen LogP contribution in [0, 0.1) is 0 Å². The third kappa shape index (κ3) is 5.64. The lowest BCUT2D eigenvalue weighted by atomic mass is 9.81. The van der Waals surface area contributed by atoms with E-state index in [9.17, 15) is 0 Å². The molecule has 0 saturated carbocycles. The highest BCUT2D eigenvalue weighted by Gasteiger charge is 2.34. The standard InChI is InChI=1S/C59H42N2/c1-59(2)53-21-13-18-42-24-25-43-34-46(38-54(59)58(43)57(42)53)41-26-28-47(29-27-41)60(50-36-44(39-14-5-3-6-15-39)35-45(37-50)40-16-7-4-8-17-40)48-30-32-49(33-31-48)61-55-22-11-9-19-51(55)52-20-10-12-23-56(52)61/h3-38H,1-2H3. The minimum Gasteiger partial charge on any atom is -0.310 e. The van der Waals surface area contributed by atoms with Gasteiger partial charge in [-0.1, -0.05) is 153 Å². The monoisotopic (exact) mass is 778 g/mol. The highest BCUT2D eigenvalue weighted by Crippen LogP contribution is 2.50. The first-order valence-corrected chi connectivity index (χ1v) is 21.3. The van der Waals surface area contributed by atoms with Crippen LogP contribution in [0.3, 0.4) is 0 Å². The van der Waals surface area contributed by atoms with Crippen LogP contribution in [0.4, 0.5) is 17.1 Å². The molecule has 1 aromatic heterocycles. The van der Waals surface area contributed by atoms with Gasteiger partial charge in [-0.2, -0.15) is 0 Å². The van der Waals surface area contributed by atoms with Crippen LogP contribution < -0.4 is 4.90 Å². The third-order valence-electron chi connectivity index (χ3n) is 13.1. The maximum atomic E-state index is 2.44. The number of hydrogen-bond acceptors (Lipinski definition) is 1. The van der Waals surface area contributed by atoms with Gasteiger partial charge in [0.15, 0.2) is 0 Å². The summed E-state index contributed by atoms with van der Waals surface area (Å²) in [5, 5.41) is 7.96. The van der Waals surface area contributed by atoms with E-state index in [1.165, 1.54) is 87.9 Å². The largest absolute Gasteiger partial charge is 0.310 e. The Morgan fingerprint density at radius 3 is 1.48 bits per heavy atom. The number of hydrogen-bond donors (Lipinski definition) is 0. The molecule has 0 fully saturated rings. The van der Waals surface area contributed by atoms with Gasteiger partial charge in [0.1, 0.15) is 0 Å². The molecule has 2 heteroatoms. The van der Waals surface area contributed by atoms with Gasteiger partial charge in [0.2, 0.25) is 0 Å². The SMILES string of the molecule is CC1(C)c2cccc3ccc4cc(-c5ccc(N(c6ccc(-n7c8ccccc8c8ccccc87)cc6)c6cc(-c7ccccc7)cc(-c7ccccc7)c6)cc5)cc1c4c23. The number of fused-ring (bicyclic) bond motifs is 3. The smallest absolute Gasteiger partial charge is 0.0541 e. The molecular weight excluding hydrogens is 737 g/mol. The van der Waals surface area contributed by atoms with E-state index in [-0.39, 0.29) is 5.41 Å². The summed E-state index contributed by atoms with van der Waals surface area (Å²) >= 11 is 0. The first kappa shape index (κ1) is 35.3. The summed E-state index contributed by atoms with van der Waals surface area (Å²) in [6, 6.07) is 80.3. The van der Waals surface area contributed by atoms with Gasteiger partial charge in [-0.05, 0) is 145 Å². The average Bonchev–Trinajstić information content (AvgIpc) is 3.78. The van der Waals surface area contributed by atoms with Crippen LogP contribution in [0.5, 0.6) is 0 Å². The van der Waals surface area contributed by atoms with E-state index in [2.05, 4.69) is 242 Å². The summed E-state index contributed by atoms with van der Waals surface area (Å²) in [4.78, 5) is 2.41.